The van der Waals surface area contributed by atoms with Crippen LogP contribution in [0.15, 0.2) is 66.7 Å². The van der Waals surface area contributed by atoms with E-state index in [9.17, 15) is 9.59 Å². The Hall–Kier alpha value is -3.91. The SMILES string of the molecule is COc1cc(NC(=O)C[C@H](NC(N)=O)c2cccc(Oc3ccccc3)c2)c(OC)cc1Cl. The highest BCUT2D eigenvalue weighted by molar-refractivity contribution is 6.32. The number of benzene rings is 3. The van der Waals surface area contributed by atoms with Crippen LogP contribution in [0, 0.1) is 0 Å². The molecule has 3 aromatic rings. The molecule has 0 fully saturated rings. The van der Waals surface area contributed by atoms with E-state index >= 15 is 0 Å². The Morgan fingerprint density at radius 1 is 0.939 bits per heavy atom. The predicted octanol–water partition coefficient (Wildman–Crippen LogP) is 4.89. The number of amides is 3. The highest BCUT2D eigenvalue weighted by Crippen LogP contribution is 2.36. The number of hydrogen-bond donors (Lipinski definition) is 3. The number of ether oxygens (including phenoxy) is 3. The van der Waals surface area contributed by atoms with Gasteiger partial charge in [-0.2, -0.15) is 0 Å². The molecule has 0 unspecified atom stereocenters. The average Bonchev–Trinajstić information content (AvgIpc) is 2.80. The summed E-state index contributed by atoms with van der Waals surface area (Å²) in [5.41, 5.74) is 6.39. The summed E-state index contributed by atoms with van der Waals surface area (Å²) >= 11 is 6.12. The smallest absolute Gasteiger partial charge is 0.312 e. The largest absolute Gasteiger partial charge is 0.495 e. The molecule has 0 aliphatic carbocycles. The summed E-state index contributed by atoms with van der Waals surface area (Å²) < 4.78 is 16.4. The van der Waals surface area contributed by atoms with Gasteiger partial charge in [0, 0.05) is 12.1 Å². The molecule has 0 saturated heterocycles. The Kier molecular flexibility index (Phi) is 7.99. The lowest BCUT2D eigenvalue weighted by Gasteiger charge is -2.19. The molecule has 33 heavy (non-hydrogen) atoms. The first-order chi connectivity index (χ1) is 15.9. The summed E-state index contributed by atoms with van der Waals surface area (Å²) in [6, 6.07) is 18.0. The van der Waals surface area contributed by atoms with Crippen molar-refractivity contribution in [2.75, 3.05) is 19.5 Å². The number of primary amides is 1. The van der Waals surface area contributed by atoms with Crippen LogP contribution in [0.25, 0.3) is 0 Å². The fourth-order valence-corrected chi connectivity index (χ4v) is 3.42. The van der Waals surface area contributed by atoms with Crippen molar-refractivity contribution in [1.29, 1.82) is 0 Å². The third-order valence-corrected chi connectivity index (χ3v) is 4.99. The normalized spacial score (nSPS) is 11.2. The van der Waals surface area contributed by atoms with Crippen LogP contribution in [-0.2, 0) is 4.79 Å². The molecule has 0 heterocycles. The first-order valence-electron chi connectivity index (χ1n) is 9.99. The molecule has 0 spiro atoms. The van der Waals surface area contributed by atoms with Gasteiger partial charge in [-0.05, 0) is 29.8 Å². The molecular formula is C24H24ClN3O5. The zero-order valence-corrected chi connectivity index (χ0v) is 18.9. The second-order valence-corrected chi connectivity index (χ2v) is 7.40. The van der Waals surface area contributed by atoms with E-state index in [1.54, 1.807) is 36.4 Å². The summed E-state index contributed by atoms with van der Waals surface area (Å²) in [5, 5.41) is 5.72. The van der Waals surface area contributed by atoms with Crippen molar-refractivity contribution in [2.24, 2.45) is 5.73 Å². The molecule has 3 aromatic carbocycles. The summed E-state index contributed by atoms with van der Waals surface area (Å²) in [4.78, 5) is 24.5. The molecule has 8 nitrogen and oxygen atoms in total. The van der Waals surface area contributed by atoms with Gasteiger partial charge in [0.2, 0.25) is 5.91 Å². The Labute approximate surface area is 196 Å². The zero-order chi connectivity index (χ0) is 23.8. The van der Waals surface area contributed by atoms with Crippen molar-refractivity contribution in [1.82, 2.24) is 5.32 Å². The van der Waals surface area contributed by atoms with Crippen molar-refractivity contribution in [2.45, 2.75) is 12.5 Å². The summed E-state index contributed by atoms with van der Waals surface area (Å²) in [6.07, 6.45) is -0.0914. The zero-order valence-electron chi connectivity index (χ0n) is 18.1. The lowest BCUT2D eigenvalue weighted by Crippen LogP contribution is -2.35. The fourth-order valence-electron chi connectivity index (χ4n) is 3.19. The molecule has 0 aliphatic rings. The molecule has 0 aromatic heterocycles. The van der Waals surface area contributed by atoms with Crippen LogP contribution < -0.4 is 30.6 Å². The lowest BCUT2D eigenvalue weighted by atomic mass is 10.0. The summed E-state index contributed by atoms with van der Waals surface area (Å²) in [5.74, 6) is 1.58. The predicted molar refractivity (Wildman–Crippen MR) is 126 cm³/mol. The van der Waals surface area contributed by atoms with E-state index in [-0.39, 0.29) is 12.3 Å². The Morgan fingerprint density at radius 3 is 2.30 bits per heavy atom. The molecule has 9 heteroatoms. The first kappa shape index (κ1) is 23.7. The molecular weight excluding hydrogens is 446 g/mol. The van der Waals surface area contributed by atoms with E-state index < -0.39 is 12.1 Å². The van der Waals surface area contributed by atoms with Crippen LogP contribution in [0.5, 0.6) is 23.0 Å². The van der Waals surface area contributed by atoms with Gasteiger partial charge in [0.25, 0.3) is 0 Å². The van der Waals surface area contributed by atoms with Gasteiger partial charge in [0.05, 0.1) is 37.4 Å². The van der Waals surface area contributed by atoms with Gasteiger partial charge in [0.1, 0.15) is 23.0 Å². The molecule has 0 aliphatic heterocycles. The maximum atomic E-state index is 12.8. The maximum absolute atomic E-state index is 12.8. The van der Waals surface area contributed by atoms with Crippen LogP contribution in [0.4, 0.5) is 10.5 Å². The van der Waals surface area contributed by atoms with E-state index in [4.69, 9.17) is 31.5 Å². The van der Waals surface area contributed by atoms with Gasteiger partial charge in [-0.15, -0.1) is 0 Å². The minimum atomic E-state index is -0.757. The van der Waals surface area contributed by atoms with E-state index in [0.29, 0.717) is 39.3 Å². The molecule has 0 saturated carbocycles. The second kappa shape index (κ2) is 11.1. The number of carbonyl (C=O) groups is 2. The fraction of sp³-hybridized carbons (Fsp3) is 0.167. The number of methoxy groups -OCH3 is 2. The van der Waals surface area contributed by atoms with Crippen LogP contribution in [-0.4, -0.2) is 26.2 Å². The standard InChI is InChI=1S/C24H24ClN3O5/c1-31-21-13-20(22(32-2)12-18(21)25)27-23(29)14-19(28-24(26)30)15-7-6-10-17(11-15)33-16-8-4-3-5-9-16/h3-13,19H,14H2,1-2H3,(H,27,29)(H3,26,28,30)/t19-/m0/s1. The summed E-state index contributed by atoms with van der Waals surface area (Å²) in [6.45, 7) is 0. The number of carbonyl (C=O) groups excluding carboxylic acids is 2. The number of urea groups is 1. The Morgan fingerprint density at radius 2 is 1.64 bits per heavy atom. The molecule has 0 radical (unpaired) electrons. The van der Waals surface area contributed by atoms with E-state index in [2.05, 4.69) is 10.6 Å². The van der Waals surface area contributed by atoms with E-state index in [1.807, 2.05) is 30.3 Å². The van der Waals surface area contributed by atoms with Crippen LogP contribution in [0.1, 0.15) is 18.0 Å². The van der Waals surface area contributed by atoms with E-state index in [1.165, 1.54) is 14.2 Å². The lowest BCUT2D eigenvalue weighted by molar-refractivity contribution is -0.116. The molecule has 3 amide bonds. The van der Waals surface area contributed by atoms with E-state index in [0.717, 1.165) is 0 Å². The molecule has 172 valence electrons. The minimum absolute atomic E-state index is 0.0914. The van der Waals surface area contributed by atoms with Gasteiger partial charge in [-0.1, -0.05) is 41.9 Å². The van der Waals surface area contributed by atoms with Crippen molar-refractivity contribution < 1.29 is 23.8 Å². The van der Waals surface area contributed by atoms with Gasteiger partial charge in [-0.3, -0.25) is 4.79 Å². The number of rotatable bonds is 9. The van der Waals surface area contributed by atoms with Crippen molar-refractivity contribution in [3.8, 4) is 23.0 Å². The molecule has 3 rings (SSSR count). The van der Waals surface area contributed by atoms with Crippen LogP contribution >= 0.6 is 11.6 Å². The quantitative estimate of drug-likeness (QED) is 0.413. The number of halogens is 1. The molecule has 1 atom stereocenters. The second-order valence-electron chi connectivity index (χ2n) is 6.99. The number of nitrogens with two attached hydrogens (primary N) is 1. The monoisotopic (exact) mass is 469 g/mol. The third-order valence-electron chi connectivity index (χ3n) is 4.69. The van der Waals surface area contributed by atoms with Crippen LogP contribution in [0.3, 0.4) is 0 Å². The topological polar surface area (TPSA) is 112 Å². The Balaban J connectivity index is 1.79. The number of hydrogen-bond acceptors (Lipinski definition) is 5. The van der Waals surface area contributed by atoms with Gasteiger partial charge >= 0.3 is 6.03 Å². The minimum Gasteiger partial charge on any atom is -0.495 e. The number of nitrogens with one attached hydrogen (secondary N) is 2. The molecule has 4 N–H and O–H groups in total. The molecule has 0 bridgehead atoms. The third kappa shape index (κ3) is 6.54. The van der Waals surface area contributed by atoms with Crippen molar-refractivity contribution in [3.63, 3.8) is 0 Å². The van der Waals surface area contributed by atoms with Gasteiger partial charge < -0.3 is 30.6 Å². The highest BCUT2D eigenvalue weighted by Gasteiger charge is 2.20. The number of anilines is 1. The number of para-hydroxylation sites is 1. The van der Waals surface area contributed by atoms with Crippen LogP contribution in [0.2, 0.25) is 5.02 Å². The van der Waals surface area contributed by atoms with Crippen molar-refractivity contribution >= 4 is 29.2 Å². The van der Waals surface area contributed by atoms with Crippen molar-refractivity contribution in [3.05, 3.63) is 77.3 Å². The highest BCUT2D eigenvalue weighted by atomic mass is 35.5. The van der Waals surface area contributed by atoms with Gasteiger partial charge in [0.15, 0.2) is 0 Å². The van der Waals surface area contributed by atoms with Gasteiger partial charge in [-0.25, -0.2) is 4.79 Å². The summed E-state index contributed by atoms with van der Waals surface area (Å²) in [7, 11) is 2.93. The Bertz CT molecular complexity index is 1120. The average molecular weight is 470 g/mol. The first-order valence-corrected chi connectivity index (χ1v) is 10.4. The maximum Gasteiger partial charge on any atom is 0.312 e.